The third kappa shape index (κ3) is 12.5. The van der Waals surface area contributed by atoms with Crippen LogP contribution in [0.2, 0.25) is 0 Å². The van der Waals surface area contributed by atoms with Crippen molar-refractivity contribution in [2.45, 2.75) is 142 Å². The number of benzene rings is 1. The van der Waals surface area contributed by atoms with Gasteiger partial charge in [0.05, 0.1) is 5.92 Å². The molecule has 0 unspecified atom stereocenters. The van der Waals surface area contributed by atoms with Gasteiger partial charge in [0.2, 0.25) is 0 Å². The Bertz CT molecular complexity index is 675. The van der Waals surface area contributed by atoms with Crippen LogP contribution < -0.4 is 4.57 Å². The van der Waals surface area contributed by atoms with E-state index in [0.29, 0.717) is 5.92 Å². The van der Waals surface area contributed by atoms with Crippen LogP contribution in [0.3, 0.4) is 0 Å². The molecule has 0 fully saturated rings. The van der Waals surface area contributed by atoms with Gasteiger partial charge in [0.25, 0.3) is 5.82 Å². The number of H-pyrrole nitrogens is 1. The zero-order valence-electron chi connectivity index (χ0n) is 22.0. The lowest BCUT2D eigenvalue weighted by Gasteiger charge is -2.14. The average molecular weight is 454 g/mol. The number of rotatable bonds is 21. The molecule has 1 aromatic heterocycles. The molecule has 0 aliphatic carbocycles. The van der Waals surface area contributed by atoms with E-state index in [1.165, 1.54) is 127 Å². The number of nitrogens with zero attached hydrogens (tertiary/aromatic N) is 1. The Morgan fingerprint density at radius 1 is 0.636 bits per heavy atom. The molecule has 2 heteroatoms. The average Bonchev–Trinajstić information content (AvgIpc) is 3.29. The lowest BCUT2D eigenvalue weighted by molar-refractivity contribution is -0.695. The van der Waals surface area contributed by atoms with E-state index in [-0.39, 0.29) is 0 Å². The van der Waals surface area contributed by atoms with E-state index in [4.69, 9.17) is 0 Å². The number of nitrogens with one attached hydrogen (secondary N) is 1. The standard InChI is InChI=1S/C31H52N2/c1-3-5-7-8-9-10-11-12-13-14-15-16-21-25-30(24-18-6-4-2)31-32-26-27-33(31)28-29-22-19-17-20-23-29/h17,19-20,22-23,26-27,30H,3-16,18,21,24-25,28H2,1-2H3/p+1/t30-/m0/s1. The maximum absolute atomic E-state index is 3.61. The first-order valence-electron chi connectivity index (χ1n) is 14.5. The van der Waals surface area contributed by atoms with Gasteiger partial charge < -0.3 is 0 Å². The van der Waals surface area contributed by atoms with Crippen molar-refractivity contribution in [3.63, 3.8) is 0 Å². The van der Waals surface area contributed by atoms with Crippen LogP contribution in [0.25, 0.3) is 0 Å². The molecule has 0 saturated carbocycles. The van der Waals surface area contributed by atoms with Crippen LogP contribution in [0.1, 0.15) is 147 Å². The third-order valence-corrected chi connectivity index (χ3v) is 7.19. The maximum Gasteiger partial charge on any atom is 0.257 e. The fourth-order valence-electron chi connectivity index (χ4n) is 5.11. The number of imidazole rings is 1. The smallest absolute Gasteiger partial charge is 0.247 e. The number of unbranched alkanes of at least 4 members (excludes halogenated alkanes) is 14. The first-order valence-corrected chi connectivity index (χ1v) is 14.5. The van der Waals surface area contributed by atoms with Crippen LogP contribution in [0.15, 0.2) is 42.7 Å². The molecule has 1 atom stereocenters. The third-order valence-electron chi connectivity index (χ3n) is 7.19. The number of hydrogen-bond acceptors (Lipinski definition) is 0. The summed E-state index contributed by atoms with van der Waals surface area (Å²) in [6.07, 6.45) is 29.6. The Kier molecular flexibility index (Phi) is 15.8. The molecule has 0 radical (unpaired) electrons. The lowest BCUT2D eigenvalue weighted by atomic mass is 9.93. The van der Waals surface area contributed by atoms with Crippen LogP contribution in [0, 0.1) is 0 Å². The molecule has 1 heterocycles. The molecule has 0 amide bonds. The summed E-state index contributed by atoms with van der Waals surface area (Å²) in [6, 6.07) is 10.9. The monoisotopic (exact) mass is 453 g/mol. The maximum atomic E-state index is 3.61. The van der Waals surface area contributed by atoms with Crippen molar-refractivity contribution in [3.05, 3.63) is 54.1 Å². The van der Waals surface area contributed by atoms with Crippen LogP contribution >= 0.6 is 0 Å². The first-order chi connectivity index (χ1) is 16.3. The molecule has 0 saturated heterocycles. The fourth-order valence-corrected chi connectivity index (χ4v) is 5.11. The molecule has 1 N–H and O–H groups in total. The van der Waals surface area contributed by atoms with Crippen LogP contribution in [-0.2, 0) is 6.54 Å². The highest BCUT2D eigenvalue weighted by Gasteiger charge is 2.22. The van der Waals surface area contributed by atoms with Gasteiger partial charge in [-0.1, -0.05) is 147 Å². The van der Waals surface area contributed by atoms with Crippen molar-refractivity contribution in [2.24, 2.45) is 0 Å². The molecule has 0 aliphatic rings. The molecular formula is C31H53N2+. The SMILES string of the molecule is CCCCCCCCCCCCCCC[C@H](CCCCC)c1[nH]cc[n+]1Cc1ccccc1. The molecule has 0 spiro atoms. The minimum atomic E-state index is 0.669. The van der Waals surface area contributed by atoms with Gasteiger partial charge in [-0.05, 0) is 18.4 Å². The van der Waals surface area contributed by atoms with E-state index >= 15 is 0 Å². The van der Waals surface area contributed by atoms with Gasteiger partial charge in [-0.15, -0.1) is 0 Å². The van der Waals surface area contributed by atoms with Crippen molar-refractivity contribution in [1.29, 1.82) is 0 Å². The molecule has 186 valence electrons. The molecule has 0 aliphatic heterocycles. The van der Waals surface area contributed by atoms with Crippen molar-refractivity contribution in [3.8, 4) is 0 Å². The number of aromatic amines is 1. The normalized spacial score (nSPS) is 12.3. The van der Waals surface area contributed by atoms with E-state index in [0.717, 1.165) is 6.54 Å². The topological polar surface area (TPSA) is 19.7 Å². The highest BCUT2D eigenvalue weighted by molar-refractivity contribution is 5.13. The second kappa shape index (κ2) is 18.8. The van der Waals surface area contributed by atoms with E-state index in [9.17, 15) is 0 Å². The summed E-state index contributed by atoms with van der Waals surface area (Å²) in [7, 11) is 0. The van der Waals surface area contributed by atoms with Gasteiger partial charge >= 0.3 is 0 Å². The Morgan fingerprint density at radius 3 is 1.70 bits per heavy atom. The van der Waals surface area contributed by atoms with Gasteiger partial charge in [-0.2, -0.15) is 0 Å². The van der Waals surface area contributed by atoms with Gasteiger partial charge in [0.15, 0.2) is 0 Å². The summed E-state index contributed by atoms with van der Waals surface area (Å²) >= 11 is 0. The summed E-state index contributed by atoms with van der Waals surface area (Å²) < 4.78 is 2.45. The van der Waals surface area contributed by atoms with Crippen molar-refractivity contribution in [2.75, 3.05) is 0 Å². The Morgan fingerprint density at radius 2 is 1.12 bits per heavy atom. The lowest BCUT2D eigenvalue weighted by Crippen LogP contribution is -2.38. The Hall–Kier alpha value is -1.57. The highest BCUT2D eigenvalue weighted by atomic mass is 15.1. The first kappa shape index (κ1) is 27.7. The van der Waals surface area contributed by atoms with Crippen LogP contribution in [-0.4, -0.2) is 4.98 Å². The van der Waals surface area contributed by atoms with Gasteiger partial charge in [-0.25, -0.2) is 9.55 Å². The fraction of sp³-hybridized carbons (Fsp3) is 0.710. The zero-order valence-corrected chi connectivity index (χ0v) is 22.0. The largest absolute Gasteiger partial charge is 0.257 e. The highest BCUT2D eigenvalue weighted by Crippen LogP contribution is 2.26. The second-order valence-corrected chi connectivity index (χ2v) is 10.2. The molecule has 2 rings (SSSR count). The Balaban J connectivity index is 1.65. The molecule has 33 heavy (non-hydrogen) atoms. The summed E-state index contributed by atoms with van der Waals surface area (Å²) in [6.45, 7) is 5.59. The van der Waals surface area contributed by atoms with Gasteiger partial charge in [0.1, 0.15) is 18.9 Å². The molecular weight excluding hydrogens is 400 g/mol. The quantitative estimate of drug-likeness (QED) is 0.143. The van der Waals surface area contributed by atoms with Crippen LogP contribution in [0.5, 0.6) is 0 Å². The van der Waals surface area contributed by atoms with Crippen LogP contribution in [0.4, 0.5) is 0 Å². The van der Waals surface area contributed by atoms with Crippen molar-refractivity contribution >= 4 is 0 Å². The van der Waals surface area contributed by atoms with Crippen molar-refractivity contribution < 1.29 is 4.57 Å². The summed E-state index contributed by atoms with van der Waals surface area (Å²) in [5.41, 5.74) is 1.39. The molecule has 2 nitrogen and oxygen atoms in total. The van der Waals surface area contributed by atoms with E-state index in [1.54, 1.807) is 0 Å². The van der Waals surface area contributed by atoms with Crippen molar-refractivity contribution in [1.82, 2.24) is 4.98 Å². The molecule has 2 aromatic rings. The minimum Gasteiger partial charge on any atom is -0.247 e. The van der Waals surface area contributed by atoms with E-state index in [1.807, 2.05) is 0 Å². The summed E-state index contributed by atoms with van der Waals surface area (Å²) in [5, 5.41) is 0. The minimum absolute atomic E-state index is 0.669. The number of aromatic nitrogens is 2. The van der Waals surface area contributed by atoms with Gasteiger partial charge in [-0.3, -0.25) is 0 Å². The van der Waals surface area contributed by atoms with E-state index < -0.39 is 0 Å². The summed E-state index contributed by atoms with van der Waals surface area (Å²) in [5.74, 6) is 2.11. The van der Waals surface area contributed by atoms with E-state index in [2.05, 4.69) is 66.1 Å². The summed E-state index contributed by atoms with van der Waals surface area (Å²) in [4.78, 5) is 3.61. The number of hydrogen-bond donors (Lipinski definition) is 1. The predicted octanol–water partition coefficient (Wildman–Crippen LogP) is 9.50. The molecule has 0 bridgehead atoms. The molecule has 1 aromatic carbocycles. The van der Waals surface area contributed by atoms with Gasteiger partial charge in [0, 0.05) is 0 Å². The Labute approximate surface area is 205 Å². The second-order valence-electron chi connectivity index (χ2n) is 10.2. The zero-order chi connectivity index (χ0) is 23.4. The predicted molar refractivity (Wildman–Crippen MR) is 144 cm³/mol.